The standard InChI is InChI=1S/C16H36N2/c1-4-6-8-10-12-16(3,11-9-7-5-2)13-15(18)14-17/h15H,4-14,17-18H2,1-3H3. The maximum Gasteiger partial charge on any atom is 0.0168 e. The molecule has 2 nitrogen and oxygen atoms in total. The van der Waals surface area contributed by atoms with E-state index in [0.717, 1.165) is 6.42 Å². The third-order valence-corrected chi connectivity index (χ3v) is 4.08. The van der Waals surface area contributed by atoms with Crippen LogP contribution in [0.3, 0.4) is 0 Å². The van der Waals surface area contributed by atoms with Crippen LogP contribution in [-0.4, -0.2) is 12.6 Å². The summed E-state index contributed by atoms with van der Waals surface area (Å²) in [5, 5.41) is 0. The van der Waals surface area contributed by atoms with Crippen molar-refractivity contribution < 1.29 is 0 Å². The number of nitrogens with two attached hydrogens (primary N) is 2. The zero-order valence-corrected chi connectivity index (χ0v) is 13.0. The first kappa shape index (κ1) is 17.9. The first-order valence-corrected chi connectivity index (χ1v) is 8.03. The second-order valence-electron chi connectivity index (χ2n) is 6.28. The van der Waals surface area contributed by atoms with Gasteiger partial charge in [-0.05, 0) is 24.7 Å². The fraction of sp³-hybridized carbons (Fsp3) is 1.00. The predicted octanol–water partition coefficient (Wildman–Crippen LogP) is 4.22. The van der Waals surface area contributed by atoms with Crippen LogP contribution >= 0.6 is 0 Å². The van der Waals surface area contributed by atoms with Crippen LogP contribution in [0.1, 0.15) is 85.0 Å². The highest BCUT2D eigenvalue weighted by Crippen LogP contribution is 2.35. The predicted molar refractivity (Wildman–Crippen MR) is 82.7 cm³/mol. The fourth-order valence-corrected chi connectivity index (χ4v) is 2.83. The summed E-state index contributed by atoms with van der Waals surface area (Å²) < 4.78 is 0. The molecule has 0 aliphatic rings. The molecule has 0 rings (SSSR count). The normalized spacial score (nSPS) is 16.5. The lowest BCUT2D eigenvalue weighted by molar-refractivity contribution is 0.215. The zero-order valence-electron chi connectivity index (χ0n) is 13.0. The lowest BCUT2D eigenvalue weighted by Crippen LogP contribution is -2.35. The van der Waals surface area contributed by atoms with E-state index >= 15 is 0 Å². The molecule has 2 atom stereocenters. The van der Waals surface area contributed by atoms with Gasteiger partial charge in [0.2, 0.25) is 0 Å². The zero-order chi connectivity index (χ0) is 13.9. The van der Waals surface area contributed by atoms with Gasteiger partial charge in [0.25, 0.3) is 0 Å². The highest BCUT2D eigenvalue weighted by Gasteiger charge is 2.25. The van der Waals surface area contributed by atoms with E-state index in [-0.39, 0.29) is 6.04 Å². The van der Waals surface area contributed by atoms with Crippen molar-refractivity contribution in [2.45, 2.75) is 91.0 Å². The molecule has 0 aromatic rings. The van der Waals surface area contributed by atoms with Crippen molar-refractivity contribution in [1.82, 2.24) is 0 Å². The van der Waals surface area contributed by atoms with Gasteiger partial charge in [0.15, 0.2) is 0 Å². The molecule has 0 amide bonds. The molecule has 0 aromatic carbocycles. The fourth-order valence-electron chi connectivity index (χ4n) is 2.83. The Morgan fingerprint density at radius 2 is 1.39 bits per heavy atom. The van der Waals surface area contributed by atoms with E-state index in [0.29, 0.717) is 12.0 Å². The summed E-state index contributed by atoms with van der Waals surface area (Å²) in [6.45, 7) is 7.58. The third kappa shape index (κ3) is 8.93. The van der Waals surface area contributed by atoms with Crippen molar-refractivity contribution in [3.8, 4) is 0 Å². The Balaban J connectivity index is 4.11. The first-order chi connectivity index (χ1) is 8.58. The summed E-state index contributed by atoms with van der Waals surface area (Å²) in [6, 6.07) is 0.183. The van der Waals surface area contributed by atoms with E-state index in [1.54, 1.807) is 0 Å². The van der Waals surface area contributed by atoms with Crippen molar-refractivity contribution in [2.75, 3.05) is 6.54 Å². The van der Waals surface area contributed by atoms with Gasteiger partial charge in [-0.2, -0.15) is 0 Å². The Bertz CT molecular complexity index is 182. The van der Waals surface area contributed by atoms with Crippen LogP contribution in [0, 0.1) is 5.41 Å². The Hall–Kier alpha value is -0.0800. The van der Waals surface area contributed by atoms with Gasteiger partial charge in [0.05, 0.1) is 0 Å². The molecule has 0 saturated heterocycles. The highest BCUT2D eigenvalue weighted by molar-refractivity contribution is 4.80. The molecule has 0 aliphatic heterocycles. The number of hydrogen-bond acceptors (Lipinski definition) is 2. The maximum atomic E-state index is 6.07. The molecule has 0 spiro atoms. The Kier molecular flexibility index (Phi) is 10.8. The molecular formula is C16H36N2. The minimum absolute atomic E-state index is 0.183. The van der Waals surface area contributed by atoms with Crippen LogP contribution < -0.4 is 11.5 Å². The van der Waals surface area contributed by atoms with Crippen molar-refractivity contribution in [1.29, 1.82) is 0 Å². The van der Waals surface area contributed by atoms with Crippen molar-refractivity contribution in [2.24, 2.45) is 16.9 Å². The second kappa shape index (κ2) is 10.8. The van der Waals surface area contributed by atoms with Crippen LogP contribution in [0.25, 0.3) is 0 Å². The maximum absolute atomic E-state index is 6.07. The van der Waals surface area contributed by atoms with E-state index in [2.05, 4.69) is 20.8 Å². The van der Waals surface area contributed by atoms with E-state index in [1.165, 1.54) is 57.8 Å². The molecule has 4 N–H and O–H groups in total. The molecule has 0 aromatic heterocycles. The molecule has 2 heteroatoms. The van der Waals surface area contributed by atoms with Gasteiger partial charge < -0.3 is 11.5 Å². The molecule has 0 saturated carbocycles. The highest BCUT2D eigenvalue weighted by atomic mass is 14.7. The summed E-state index contributed by atoms with van der Waals surface area (Å²) in [6.07, 6.45) is 13.1. The monoisotopic (exact) mass is 256 g/mol. The molecule has 110 valence electrons. The van der Waals surface area contributed by atoms with Gasteiger partial charge >= 0.3 is 0 Å². The van der Waals surface area contributed by atoms with Gasteiger partial charge in [-0.25, -0.2) is 0 Å². The van der Waals surface area contributed by atoms with E-state index in [1.807, 2.05) is 0 Å². The summed E-state index contributed by atoms with van der Waals surface area (Å²) in [7, 11) is 0. The number of unbranched alkanes of at least 4 members (excludes halogenated alkanes) is 5. The van der Waals surface area contributed by atoms with Crippen molar-refractivity contribution >= 4 is 0 Å². The summed E-state index contributed by atoms with van der Waals surface area (Å²) in [5.41, 5.74) is 12.2. The van der Waals surface area contributed by atoms with Crippen molar-refractivity contribution in [3.05, 3.63) is 0 Å². The summed E-state index contributed by atoms with van der Waals surface area (Å²) >= 11 is 0. The minimum Gasteiger partial charge on any atom is -0.329 e. The molecule has 0 fully saturated rings. The third-order valence-electron chi connectivity index (χ3n) is 4.08. The molecule has 0 bridgehead atoms. The van der Waals surface area contributed by atoms with Gasteiger partial charge in [0.1, 0.15) is 0 Å². The summed E-state index contributed by atoms with van der Waals surface area (Å²) in [4.78, 5) is 0. The molecule has 0 heterocycles. The number of rotatable bonds is 12. The smallest absolute Gasteiger partial charge is 0.0168 e. The van der Waals surface area contributed by atoms with E-state index in [4.69, 9.17) is 11.5 Å². The van der Waals surface area contributed by atoms with E-state index in [9.17, 15) is 0 Å². The molecule has 0 radical (unpaired) electrons. The molecule has 0 aliphatic carbocycles. The SMILES string of the molecule is CCCCCCC(C)(CCCCC)CC(N)CN. The van der Waals surface area contributed by atoms with Gasteiger partial charge in [-0.1, -0.05) is 65.7 Å². The Morgan fingerprint density at radius 1 is 0.889 bits per heavy atom. The Morgan fingerprint density at radius 3 is 1.89 bits per heavy atom. The lowest BCUT2D eigenvalue weighted by atomic mass is 9.75. The average Bonchev–Trinajstić information content (AvgIpc) is 2.35. The quantitative estimate of drug-likeness (QED) is 0.514. The van der Waals surface area contributed by atoms with Crippen LogP contribution in [0.4, 0.5) is 0 Å². The summed E-state index contributed by atoms with van der Waals surface area (Å²) in [5.74, 6) is 0. The first-order valence-electron chi connectivity index (χ1n) is 8.03. The minimum atomic E-state index is 0.183. The number of hydrogen-bond donors (Lipinski definition) is 2. The van der Waals surface area contributed by atoms with Gasteiger partial charge in [0, 0.05) is 12.6 Å². The van der Waals surface area contributed by atoms with Gasteiger partial charge in [-0.3, -0.25) is 0 Å². The van der Waals surface area contributed by atoms with Crippen LogP contribution in [0.2, 0.25) is 0 Å². The van der Waals surface area contributed by atoms with Crippen LogP contribution in [0.15, 0.2) is 0 Å². The molecule has 18 heavy (non-hydrogen) atoms. The molecular weight excluding hydrogens is 220 g/mol. The van der Waals surface area contributed by atoms with Gasteiger partial charge in [-0.15, -0.1) is 0 Å². The molecule has 2 unspecified atom stereocenters. The largest absolute Gasteiger partial charge is 0.329 e. The van der Waals surface area contributed by atoms with Crippen LogP contribution in [0.5, 0.6) is 0 Å². The lowest BCUT2D eigenvalue weighted by Gasteiger charge is -2.32. The van der Waals surface area contributed by atoms with E-state index < -0.39 is 0 Å². The Labute approximate surface area is 115 Å². The average molecular weight is 256 g/mol. The second-order valence-corrected chi connectivity index (χ2v) is 6.28. The van der Waals surface area contributed by atoms with Crippen molar-refractivity contribution in [3.63, 3.8) is 0 Å². The van der Waals surface area contributed by atoms with Crippen LogP contribution in [-0.2, 0) is 0 Å². The topological polar surface area (TPSA) is 52.0 Å².